The van der Waals surface area contributed by atoms with E-state index in [0.29, 0.717) is 25.0 Å². The average molecular weight is 345 g/mol. The van der Waals surface area contributed by atoms with E-state index >= 15 is 0 Å². The monoisotopic (exact) mass is 345 g/mol. The van der Waals surface area contributed by atoms with Crippen LogP contribution in [0.1, 0.15) is 56.3 Å². The van der Waals surface area contributed by atoms with Gasteiger partial charge in [0, 0.05) is 19.0 Å². The number of rotatable bonds is 7. The van der Waals surface area contributed by atoms with Gasteiger partial charge in [-0.15, -0.1) is 0 Å². The predicted octanol–water partition coefficient (Wildman–Crippen LogP) is 3.03. The molecule has 2 aromatic rings. The normalized spacial score (nSPS) is 20.9. The molecule has 136 valence electrons. The molecule has 25 heavy (non-hydrogen) atoms. The molecule has 1 fully saturated rings. The van der Waals surface area contributed by atoms with Crippen molar-refractivity contribution >= 4 is 0 Å². The second-order valence-corrected chi connectivity index (χ2v) is 6.89. The van der Waals surface area contributed by atoms with Crippen LogP contribution < -0.4 is 0 Å². The third-order valence-corrected chi connectivity index (χ3v) is 4.80. The van der Waals surface area contributed by atoms with Gasteiger partial charge in [0.2, 0.25) is 5.89 Å². The lowest BCUT2D eigenvalue weighted by molar-refractivity contribution is 0.0613. The minimum Gasteiger partial charge on any atom is -0.508 e. The number of nitrogens with zero attached hydrogens (tertiary/aromatic N) is 3. The molecule has 1 heterocycles. The van der Waals surface area contributed by atoms with Crippen molar-refractivity contribution < 1.29 is 14.7 Å². The summed E-state index contributed by atoms with van der Waals surface area (Å²) in [5.74, 6) is 1.67. The number of aliphatic hydroxyl groups is 1. The topological polar surface area (TPSA) is 82.6 Å². The van der Waals surface area contributed by atoms with Gasteiger partial charge in [0.1, 0.15) is 5.75 Å². The fraction of sp³-hybridized carbons (Fsp3) is 0.579. The molecule has 0 bridgehead atoms. The zero-order chi connectivity index (χ0) is 17.6. The van der Waals surface area contributed by atoms with Gasteiger partial charge in [-0.1, -0.05) is 24.2 Å². The Hall–Kier alpha value is -1.92. The van der Waals surface area contributed by atoms with Crippen LogP contribution >= 0.6 is 0 Å². The Morgan fingerprint density at radius 3 is 2.72 bits per heavy atom. The number of hydrogen-bond donors (Lipinski definition) is 2. The van der Waals surface area contributed by atoms with Crippen molar-refractivity contribution in [2.24, 2.45) is 0 Å². The van der Waals surface area contributed by atoms with Gasteiger partial charge in [-0.05, 0) is 49.8 Å². The van der Waals surface area contributed by atoms with E-state index in [9.17, 15) is 10.2 Å². The molecule has 0 atom stereocenters. The lowest BCUT2D eigenvalue weighted by atomic mass is 9.91. The summed E-state index contributed by atoms with van der Waals surface area (Å²) in [7, 11) is 0. The van der Waals surface area contributed by atoms with Crippen molar-refractivity contribution in [3.8, 4) is 5.75 Å². The Bertz CT molecular complexity index is 665. The summed E-state index contributed by atoms with van der Waals surface area (Å²) in [5, 5.41) is 23.6. The first-order valence-corrected chi connectivity index (χ1v) is 9.15. The first-order valence-electron chi connectivity index (χ1n) is 9.15. The lowest BCUT2D eigenvalue weighted by Gasteiger charge is -2.35. The molecular formula is C19H27N3O3. The predicted molar refractivity (Wildman–Crippen MR) is 93.9 cm³/mol. The highest BCUT2D eigenvalue weighted by atomic mass is 16.5. The highest BCUT2D eigenvalue weighted by Gasteiger charge is 2.26. The number of benzene rings is 1. The van der Waals surface area contributed by atoms with Crippen LogP contribution in [0.4, 0.5) is 0 Å². The third-order valence-electron chi connectivity index (χ3n) is 4.80. The smallest absolute Gasteiger partial charge is 0.240 e. The standard InChI is InChI=1S/C19H27N3O3/c1-2-4-18-20-19(25-21-18)13-22(15-7-9-16(23)10-8-15)12-14-5-3-6-17(24)11-14/h3,5-6,11,15-16,23-24H,2,4,7-10,12-13H2,1H3. The molecule has 1 aromatic heterocycles. The highest BCUT2D eigenvalue weighted by Crippen LogP contribution is 2.26. The van der Waals surface area contributed by atoms with Gasteiger partial charge in [-0.2, -0.15) is 4.98 Å². The average Bonchev–Trinajstić information content (AvgIpc) is 3.03. The van der Waals surface area contributed by atoms with Crippen LogP contribution in [0.25, 0.3) is 0 Å². The van der Waals surface area contributed by atoms with Crippen LogP contribution in [0, 0.1) is 0 Å². The Morgan fingerprint density at radius 1 is 1.20 bits per heavy atom. The first-order chi connectivity index (χ1) is 12.1. The van der Waals surface area contributed by atoms with Gasteiger partial charge < -0.3 is 14.7 Å². The fourth-order valence-corrected chi connectivity index (χ4v) is 3.48. The molecule has 3 rings (SSSR count). The molecule has 2 N–H and O–H groups in total. The Morgan fingerprint density at radius 2 is 2.00 bits per heavy atom. The van der Waals surface area contributed by atoms with Crippen LogP contribution in [-0.2, 0) is 19.5 Å². The number of aromatic hydroxyl groups is 1. The van der Waals surface area contributed by atoms with Crippen molar-refractivity contribution in [2.75, 3.05) is 0 Å². The van der Waals surface area contributed by atoms with Crippen molar-refractivity contribution in [3.05, 3.63) is 41.5 Å². The number of aromatic nitrogens is 2. The first kappa shape index (κ1) is 17.9. The number of aliphatic hydroxyl groups excluding tert-OH is 1. The van der Waals surface area contributed by atoms with E-state index in [2.05, 4.69) is 22.0 Å². The van der Waals surface area contributed by atoms with Crippen LogP contribution in [-0.4, -0.2) is 37.4 Å². The van der Waals surface area contributed by atoms with E-state index in [1.807, 2.05) is 12.1 Å². The van der Waals surface area contributed by atoms with E-state index in [-0.39, 0.29) is 11.9 Å². The molecule has 0 amide bonds. The molecule has 6 nitrogen and oxygen atoms in total. The Kier molecular flexibility index (Phi) is 6.04. The molecule has 1 aliphatic rings. The minimum atomic E-state index is -0.182. The molecule has 0 unspecified atom stereocenters. The molecule has 1 aliphatic carbocycles. The molecule has 1 aromatic carbocycles. The summed E-state index contributed by atoms with van der Waals surface area (Å²) >= 11 is 0. The zero-order valence-electron chi connectivity index (χ0n) is 14.8. The maximum Gasteiger partial charge on any atom is 0.240 e. The summed E-state index contributed by atoms with van der Waals surface area (Å²) in [6.45, 7) is 3.39. The van der Waals surface area contributed by atoms with Gasteiger partial charge in [-0.3, -0.25) is 4.90 Å². The van der Waals surface area contributed by atoms with E-state index < -0.39 is 0 Å². The largest absolute Gasteiger partial charge is 0.508 e. The molecule has 0 aliphatic heterocycles. The van der Waals surface area contributed by atoms with E-state index in [4.69, 9.17) is 4.52 Å². The maximum absolute atomic E-state index is 9.79. The van der Waals surface area contributed by atoms with Crippen molar-refractivity contribution in [2.45, 2.75) is 70.7 Å². The highest BCUT2D eigenvalue weighted by molar-refractivity contribution is 5.27. The summed E-state index contributed by atoms with van der Waals surface area (Å²) in [4.78, 5) is 6.81. The molecule has 1 saturated carbocycles. The number of phenols is 1. The van der Waals surface area contributed by atoms with Gasteiger partial charge in [0.15, 0.2) is 5.82 Å². The molecule has 6 heteroatoms. The quantitative estimate of drug-likeness (QED) is 0.802. The van der Waals surface area contributed by atoms with Crippen LogP contribution in [0.3, 0.4) is 0 Å². The minimum absolute atomic E-state index is 0.182. The summed E-state index contributed by atoms with van der Waals surface area (Å²) < 4.78 is 5.42. The Balaban J connectivity index is 1.73. The summed E-state index contributed by atoms with van der Waals surface area (Å²) in [5.41, 5.74) is 1.06. The molecule has 0 saturated heterocycles. The molecule has 0 spiro atoms. The zero-order valence-corrected chi connectivity index (χ0v) is 14.8. The Labute approximate surface area is 148 Å². The van der Waals surface area contributed by atoms with E-state index in [1.165, 1.54) is 0 Å². The lowest BCUT2D eigenvalue weighted by Crippen LogP contribution is -2.38. The van der Waals surface area contributed by atoms with Crippen molar-refractivity contribution in [1.82, 2.24) is 15.0 Å². The molecule has 0 radical (unpaired) electrons. The van der Waals surface area contributed by atoms with Gasteiger partial charge in [-0.25, -0.2) is 0 Å². The summed E-state index contributed by atoms with van der Waals surface area (Å²) in [6, 6.07) is 7.72. The number of aryl methyl sites for hydroxylation is 1. The third kappa shape index (κ3) is 5.03. The van der Waals surface area contributed by atoms with Crippen LogP contribution in [0.5, 0.6) is 5.75 Å². The number of hydrogen-bond acceptors (Lipinski definition) is 6. The molecular weight excluding hydrogens is 318 g/mol. The van der Waals surface area contributed by atoms with Gasteiger partial charge >= 0.3 is 0 Å². The van der Waals surface area contributed by atoms with E-state index in [1.54, 1.807) is 12.1 Å². The second-order valence-electron chi connectivity index (χ2n) is 6.89. The number of phenolic OH excluding ortho intramolecular Hbond substituents is 1. The second kappa shape index (κ2) is 8.45. The van der Waals surface area contributed by atoms with Gasteiger partial charge in [0.05, 0.1) is 12.6 Å². The summed E-state index contributed by atoms with van der Waals surface area (Å²) in [6.07, 6.45) is 5.20. The van der Waals surface area contributed by atoms with Crippen LogP contribution in [0.15, 0.2) is 28.8 Å². The van der Waals surface area contributed by atoms with E-state index in [0.717, 1.165) is 49.9 Å². The maximum atomic E-state index is 9.79. The SMILES string of the molecule is CCCc1noc(CN(Cc2cccc(O)c2)C2CCC(O)CC2)n1. The van der Waals surface area contributed by atoms with Crippen molar-refractivity contribution in [3.63, 3.8) is 0 Å². The van der Waals surface area contributed by atoms with Gasteiger partial charge in [0.25, 0.3) is 0 Å². The van der Waals surface area contributed by atoms with Crippen LogP contribution in [0.2, 0.25) is 0 Å². The fourth-order valence-electron chi connectivity index (χ4n) is 3.48. The van der Waals surface area contributed by atoms with Crippen molar-refractivity contribution in [1.29, 1.82) is 0 Å².